The van der Waals surface area contributed by atoms with E-state index < -0.39 is 0 Å². The zero-order valence-electron chi connectivity index (χ0n) is 25.4. The van der Waals surface area contributed by atoms with Gasteiger partial charge in [0, 0.05) is 48.2 Å². The van der Waals surface area contributed by atoms with Crippen molar-refractivity contribution in [3.8, 4) is 11.1 Å². The number of carbonyl (C=O) groups excluding carboxylic acids is 1. The predicted octanol–water partition coefficient (Wildman–Crippen LogP) is 7.48. The topological polar surface area (TPSA) is 75.9 Å². The minimum atomic E-state index is -0.128. The number of benzene rings is 1. The Morgan fingerprint density at radius 2 is 1.83 bits per heavy atom. The number of nitrogens with one attached hydrogen (secondary N) is 1. The van der Waals surface area contributed by atoms with Gasteiger partial charge in [0.2, 0.25) is 0 Å². The van der Waals surface area contributed by atoms with E-state index in [4.69, 9.17) is 10.1 Å². The Morgan fingerprint density at radius 3 is 2.60 bits per heavy atom. The first-order valence-corrected chi connectivity index (χ1v) is 15.5. The van der Waals surface area contributed by atoms with Crippen molar-refractivity contribution in [2.75, 3.05) is 16.8 Å². The van der Waals surface area contributed by atoms with Crippen LogP contribution in [0.2, 0.25) is 0 Å². The summed E-state index contributed by atoms with van der Waals surface area (Å²) in [4.78, 5) is 25.2. The molecular weight excluding hydrogens is 520 g/mol. The summed E-state index contributed by atoms with van der Waals surface area (Å²) >= 11 is 0. The molecule has 7 heteroatoms. The van der Waals surface area contributed by atoms with Gasteiger partial charge in [0.15, 0.2) is 0 Å². The molecule has 1 fully saturated rings. The van der Waals surface area contributed by atoms with Crippen LogP contribution >= 0.6 is 0 Å². The molecule has 42 heavy (non-hydrogen) atoms. The summed E-state index contributed by atoms with van der Waals surface area (Å²) in [5, 5.41) is 7.80. The number of aromatic nitrogens is 4. The van der Waals surface area contributed by atoms with Crippen molar-refractivity contribution >= 4 is 17.5 Å². The first-order chi connectivity index (χ1) is 20.4. The highest BCUT2D eigenvalue weighted by atomic mass is 16.1. The van der Waals surface area contributed by atoms with Crippen molar-refractivity contribution < 1.29 is 4.79 Å². The van der Waals surface area contributed by atoms with E-state index in [9.17, 15) is 4.79 Å². The molecule has 1 amide bonds. The molecule has 0 radical (unpaired) electrons. The van der Waals surface area contributed by atoms with Crippen LogP contribution in [0.5, 0.6) is 0 Å². The normalized spacial score (nSPS) is 15.6. The molecule has 6 rings (SSSR count). The van der Waals surface area contributed by atoms with Crippen molar-refractivity contribution in [3.05, 3.63) is 88.5 Å². The van der Waals surface area contributed by atoms with E-state index in [1.54, 1.807) is 6.20 Å². The smallest absolute Gasteiger partial charge is 0.257 e. The number of pyridine rings is 2. The maximum Gasteiger partial charge on any atom is 0.257 e. The van der Waals surface area contributed by atoms with Crippen LogP contribution in [0.25, 0.3) is 11.1 Å². The van der Waals surface area contributed by atoms with Crippen molar-refractivity contribution in [2.45, 2.75) is 85.2 Å². The summed E-state index contributed by atoms with van der Waals surface area (Å²) in [7, 11) is 0. The van der Waals surface area contributed by atoms with Gasteiger partial charge in [0.05, 0.1) is 11.9 Å². The second-order valence-corrected chi connectivity index (χ2v) is 12.4. The third-order valence-corrected chi connectivity index (χ3v) is 9.00. The number of nitrogens with zero attached hydrogens (tertiary/aromatic N) is 5. The largest absolute Gasteiger partial charge is 0.352 e. The number of amides is 1. The van der Waals surface area contributed by atoms with E-state index >= 15 is 0 Å². The van der Waals surface area contributed by atoms with Crippen molar-refractivity contribution in [3.63, 3.8) is 0 Å². The molecule has 3 aromatic heterocycles. The second-order valence-electron chi connectivity index (χ2n) is 12.4. The van der Waals surface area contributed by atoms with Crippen LogP contribution in [0.1, 0.15) is 90.3 Å². The lowest BCUT2D eigenvalue weighted by Crippen LogP contribution is -2.33. The quantitative estimate of drug-likeness (QED) is 0.253. The van der Waals surface area contributed by atoms with E-state index in [2.05, 4.69) is 58.9 Å². The molecule has 1 aliphatic heterocycles. The molecule has 0 saturated heterocycles. The zero-order valence-corrected chi connectivity index (χ0v) is 25.4. The Hall–Kier alpha value is -4.00. The number of anilines is 2. The van der Waals surface area contributed by atoms with Crippen LogP contribution < -0.4 is 10.2 Å². The number of carbonyl (C=O) groups is 1. The maximum atomic E-state index is 13.3. The van der Waals surface area contributed by atoms with Gasteiger partial charge in [-0.15, -0.1) is 0 Å². The summed E-state index contributed by atoms with van der Waals surface area (Å²) in [6, 6.07) is 14.2. The van der Waals surface area contributed by atoms with E-state index in [0.29, 0.717) is 17.9 Å². The summed E-state index contributed by atoms with van der Waals surface area (Å²) in [5.41, 5.74) is 8.70. The Morgan fingerprint density at radius 1 is 1.00 bits per heavy atom. The van der Waals surface area contributed by atoms with E-state index in [-0.39, 0.29) is 11.8 Å². The van der Waals surface area contributed by atoms with Crippen LogP contribution in [-0.2, 0) is 19.5 Å². The highest BCUT2D eigenvalue weighted by molar-refractivity contribution is 6.05. The number of rotatable bonds is 7. The molecule has 2 aliphatic rings. The maximum absolute atomic E-state index is 13.3. The van der Waals surface area contributed by atoms with Gasteiger partial charge in [0.1, 0.15) is 11.6 Å². The number of hydrogen-bond acceptors (Lipinski definition) is 5. The molecule has 1 aliphatic carbocycles. The molecule has 1 N–H and O–H groups in total. The van der Waals surface area contributed by atoms with Crippen LogP contribution in [0.15, 0.2) is 54.9 Å². The van der Waals surface area contributed by atoms with Gasteiger partial charge < -0.3 is 10.2 Å². The molecule has 218 valence electrons. The minimum Gasteiger partial charge on any atom is -0.352 e. The van der Waals surface area contributed by atoms with Crippen LogP contribution in [-0.4, -0.2) is 32.2 Å². The predicted molar refractivity (Wildman–Crippen MR) is 169 cm³/mol. The highest BCUT2D eigenvalue weighted by Crippen LogP contribution is 2.35. The summed E-state index contributed by atoms with van der Waals surface area (Å²) in [6.07, 6.45) is 11.4. The van der Waals surface area contributed by atoms with Gasteiger partial charge in [-0.3, -0.25) is 9.48 Å². The van der Waals surface area contributed by atoms with E-state index in [0.717, 1.165) is 48.1 Å². The Balaban J connectivity index is 1.25. The summed E-state index contributed by atoms with van der Waals surface area (Å²) in [6.45, 7) is 11.1. The fourth-order valence-electron chi connectivity index (χ4n) is 6.53. The number of aryl methyl sites for hydroxylation is 1. The lowest BCUT2D eigenvalue weighted by molar-refractivity contribution is 0.102. The van der Waals surface area contributed by atoms with Crippen molar-refractivity contribution in [1.29, 1.82) is 0 Å². The molecule has 1 aromatic carbocycles. The lowest BCUT2D eigenvalue weighted by Gasteiger charge is -2.31. The zero-order chi connectivity index (χ0) is 29.2. The highest BCUT2D eigenvalue weighted by Gasteiger charge is 2.25. The summed E-state index contributed by atoms with van der Waals surface area (Å²) in [5.74, 6) is 2.39. The molecule has 0 spiro atoms. The molecular formula is C35H42N6O. The monoisotopic (exact) mass is 562 g/mol. The third kappa shape index (κ3) is 5.83. The van der Waals surface area contributed by atoms with Gasteiger partial charge in [-0.1, -0.05) is 51.3 Å². The molecule has 4 heterocycles. The second kappa shape index (κ2) is 12.1. The standard InChI is InChI=1S/C35H42N6O/c1-23(2)34-28(30-20-37-41(25(30)4)21-26-9-6-5-7-10-26)14-16-33(39-34)40-18-17-27-11-8-12-29(31(27)22-40)35(42)38-32-15-13-24(3)19-36-32/h8,11-16,19-20,23,26H,5-7,9-10,17-18,21-22H2,1-4H3,(H,36,38,42). The van der Waals surface area contributed by atoms with Crippen molar-refractivity contribution in [1.82, 2.24) is 19.7 Å². The van der Waals surface area contributed by atoms with Gasteiger partial charge in [0.25, 0.3) is 5.91 Å². The molecule has 0 unspecified atom stereocenters. The van der Waals surface area contributed by atoms with Gasteiger partial charge >= 0.3 is 0 Å². The third-order valence-electron chi connectivity index (χ3n) is 9.00. The number of fused-ring (bicyclic) bond motifs is 1. The molecule has 7 nitrogen and oxygen atoms in total. The van der Waals surface area contributed by atoms with Crippen molar-refractivity contribution in [2.24, 2.45) is 5.92 Å². The molecule has 4 aromatic rings. The fourth-order valence-corrected chi connectivity index (χ4v) is 6.53. The first kappa shape index (κ1) is 28.1. The molecule has 1 saturated carbocycles. The van der Waals surface area contributed by atoms with Gasteiger partial charge in [-0.25, -0.2) is 9.97 Å². The SMILES string of the molecule is Cc1ccc(NC(=O)c2cccc3c2CN(c2ccc(-c4cnn(CC5CCCCC5)c4C)c(C(C)C)n2)CC3)nc1. The first-order valence-electron chi connectivity index (χ1n) is 15.5. The fraction of sp³-hybridized carbons (Fsp3) is 0.429. The molecule has 0 atom stereocenters. The van der Waals surface area contributed by atoms with E-state index in [1.165, 1.54) is 54.5 Å². The minimum absolute atomic E-state index is 0.128. The van der Waals surface area contributed by atoms with Crippen LogP contribution in [0.3, 0.4) is 0 Å². The average molecular weight is 563 g/mol. The van der Waals surface area contributed by atoms with Gasteiger partial charge in [-0.2, -0.15) is 5.10 Å². The lowest BCUT2D eigenvalue weighted by atomic mass is 9.89. The number of hydrogen-bond donors (Lipinski definition) is 1. The molecule has 0 bridgehead atoms. The van der Waals surface area contributed by atoms with Crippen LogP contribution in [0, 0.1) is 19.8 Å². The van der Waals surface area contributed by atoms with Gasteiger partial charge in [-0.05, 0) is 85.9 Å². The Kier molecular flexibility index (Phi) is 8.09. The Bertz CT molecular complexity index is 1570. The average Bonchev–Trinajstić information content (AvgIpc) is 3.37. The van der Waals surface area contributed by atoms with Crippen LogP contribution in [0.4, 0.5) is 11.6 Å². The Labute approximate surface area is 249 Å². The summed E-state index contributed by atoms with van der Waals surface area (Å²) < 4.78 is 2.21. The van der Waals surface area contributed by atoms with E-state index in [1.807, 2.05) is 37.4 Å².